The molecule has 0 unspecified atom stereocenters. The van der Waals surface area contributed by atoms with E-state index in [2.05, 4.69) is 55.5 Å². The maximum absolute atomic E-state index is 9.85. The highest BCUT2D eigenvalue weighted by atomic mass is 16.3. The minimum atomic E-state index is -0.238. The van der Waals surface area contributed by atoms with E-state index in [1.54, 1.807) is 12.4 Å². The molecule has 4 heterocycles. The first-order chi connectivity index (χ1) is 13.4. The molecular formula is C20H27N7O. The zero-order valence-corrected chi connectivity index (χ0v) is 16.8. The van der Waals surface area contributed by atoms with Crippen LogP contribution in [0.1, 0.15) is 45.5 Å². The Bertz CT molecular complexity index is 984. The molecule has 28 heavy (non-hydrogen) atoms. The van der Waals surface area contributed by atoms with Gasteiger partial charge in [-0.3, -0.25) is 0 Å². The highest BCUT2D eigenvalue weighted by Crippen LogP contribution is 2.25. The summed E-state index contributed by atoms with van der Waals surface area (Å²) in [7, 11) is 0. The quantitative estimate of drug-likeness (QED) is 0.717. The van der Waals surface area contributed by atoms with E-state index < -0.39 is 0 Å². The molecule has 148 valence electrons. The van der Waals surface area contributed by atoms with E-state index in [-0.39, 0.29) is 12.1 Å². The van der Waals surface area contributed by atoms with E-state index >= 15 is 0 Å². The topological polar surface area (TPSA) is 92.0 Å². The number of aryl methyl sites for hydroxylation is 1. The summed E-state index contributed by atoms with van der Waals surface area (Å²) in [5.74, 6) is 3.08. The van der Waals surface area contributed by atoms with E-state index in [9.17, 15) is 5.11 Å². The molecule has 4 rings (SSSR count). The summed E-state index contributed by atoms with van der Waals surface area (Å²) >= 11 is 0. The molecule has 1 fully saturated rings. The Balaban J connectivity index is 1.60. The lowest BCUT2D eigenvalue weighted by Gasteiger charge is -2.35. The monoisotopic (exact) mass is 381 g/mol. The van der Waals surface area contributed by atoms with Crippen molar-refractivity contribution < 1.29 is 5.11 Å². The van der Waals surface area contributed by atoms with Crippen molar-refractivity contribution in [2.45, 2.75) is 58.7 Å². The fourth-order valence-electron chi connectivity index (χ4n) is 3.97. The average molecular weight is 381 g/mol. The van der Waals surface area contributed by atoms with Crippen molar-refractivity contribution in [2.75, 3.05) is 16.8 Å². The molecular weight excluding hydrogens is 354 g/mol. The lowest BCUT2D eigenvalue weighted by Crippen LogP contribution is -2.43. The predicted octanol–water partition coefficient (Wildman–Crippen LogP) is 3.20. The van der Waals surface area contributed by atoms with Crippen molar-refractivity contribution >= 4 is 28.6 Å². The number of pyridine rings is 1. The molecule has 0 aromatic carbocycles. The first-order valence-electron chi connectivity index (χ1n) is 9.81. The van der Waals surface area contributed by atoms with Crippen LogP contribution in [0.2, 0.25) is 0 Å². The number of fused-ring (bicyclic) bond motifs is 1. The van der Waals surface area contributed by atoms with Gasteiger partial charge in [-0.15, -0.1) is 0 Å². The number of anilines is 3. The molecule has 0 bridgehead atoms. The molecule has 0 saturated carbocycles. The first-order valence-corrected chi connectivity index (χ1v) is 9.81. The van der Waals surface area contributed by atoms with Gasteiger partial charge >= 0.3 is 0 Å². The number of imidazole rings is 1. The number of piperidine rings is 1. The molecule has 1 aliphatic rings. The fraction of sp³-hybridized carbons (Fsp3) is 0.500. The third-order valence-electron chi connectivity index (χ3n) is 5.27. The Morgan fingerprint density at radius 1 is 1.21 bits per heavy atom. The van der Waals surface area contributed by atoms with Crippen LogP contribution in [-0.4, -0.2) is 48.3 Å². The summed E-state index contributed by atoms with van der Waals surface area (Å²) < 4.78 is 2.20. The number of hydrogen-bond acceptors (Lipinski definition) is 7. The minimum Gasteiger partial charge on any atom is -0.393 e. The van der Waals surface area contributed by atoms with Crippen molar-refractivity contribution in [1.29, 1.82) is 0 Å². The summed E-state index contributed by atoms with van der Waals surface area (Å²) in [6.45, 7) is 9.16. The lowest BCUT2D eigenvalue weighted by atomic mass is 10.0. The van der Waals surface area contributed by atoms with Crippen LogP contribution < -0.4 is 10.2 Å². The van der Waals surface area contributed by atoms with Crippen LogP contribution in [0.3, 0.4) is 0 Å². The molecule has 0 radical (unpaired) electrons. The van der Waals surface area contributed by atoms with Gasteiger partial charge in [0, 0.05) is 30.9 Å². The molecule has 1 aliphatic heterocycles. The summed E-state index contributed by atoms with van der Waals surface area (Å²) in [6.07, 6.45) is 4.78. The second kappa shape index (κ2) is 7.35. The molecule has 3 aromatic rings. The van der Waals surface area contributed by atoms with Gasteiger partial charge in [0.05, 0.1) is 17.8 Å². The second-order valence-electron chi connectivity index (χ2n) is 7.77. The van der Waals surface area contributed by atoms with Crippen LogP contribution in [0.25, 0.3) is 11.0 Å². The van der Waals surface area contributed by atoms with Gasteiger partial charge in [-0.05, 0) is 46.6 Å². The highest BCUT2D eigenvalue weighted by molar-refractivity contribution is 5.79. The van der Waals surface area contributed by atoms with Crippen molar-refractivity contribution in [2.24, 2.45) is 0 Å². The van der Waals surface area contributed by atoms with Gasteiger partial charge in [0.15, 0.2) is 0 Å². The second-order valence-corrected chi connectivity index (χ2v) is 7.77. The van der Waals surface area contributed by atoms with Crippen molar-refractivity contribution in [3.05, 3.63) is 30.4 Å². The van der Waals surface area contributed by atoms with E-state index in [4.69, 9.17) is 0 Å². The van der Waals surface area contributed by atoms with E-state index in [0.29, 0.717) is 17.8 Å². The van der Waals surface area contributed by atoms with Gasteiger partial charge in [0.1, 0.15) is 23.0 Å². The maximum atomic E-state index is 9.85. The zero-order valence-electron chi connectivity index (χ0n) is 16.8. The zero-order chi connectivity index (χ0) is 19.8. The Hall–Kier alpha value is -2.74. The van der Waals surface area contributed by atoms with E-state index in [1.807, 2.05) is 19.1 Å². The van der Waals surface area contributed by atoms with Gasteiger partial charge in [-0.2, -0.15) is 4.98 Å². The smallest absolute Gasteiger partial charge is 0.227 e. The standard InChI is InChI=1S/C20H27N7O/c1-12(2)27-14(4)23-16-11-22-19(10-17(16)27)24-18-5-7-21-20(25-18)26-8-6-15(28)9-13(26)3/h5,7,10-13,15,28H,6,8-9H2,1-4H3,(H,21,22,24,25)/t13-,15-/m0/s1. The summed E-state index contributed by atoms with van der Waals surface area (Å²) in [5.41, 5.74) is 1.94. The normalized spacial score (nSPS) is 20.1. The first kappa shape index (κ1) is 18.6. The number of rotatable bonds is 4. The largest absolute Gasteiger partial charge is 0.393 e. The Morgan fingerprint density at radius 3 is 2.79 bits per heavy atom. The number of nitrogens with zero attached hydrogens (tertiary/aromatic N) is 6. The molecule has 2 atom stereocenters. The summed E-state index contributed by atoms with van der Waals surface area (Å²) in [4.78, 5) is 20.3. The molecule has 0 spiro atoms. The van der Waals surface area contributed by atoms with Gasteiger partial charge in [0.25, 0.3) is 0 Å². The minimum absolute atomic E-state index is 0.205. The maximum Gasteiger partial charge on any atom is 0.227 e. The summed E-state index contributed by atoms with van der Waals surface area (Å²) in [5, 5.41) is 13.1. The predicted molar refractivity (Wildman–Crippen MR) is 110 cm³/mol. The number of hydrogen-bond donors (Lipinski definition) is 2. The van der Waals surface area contributed by atoms with Crippen LogP contribution in [0.5, 0.6) is 0 Å². The van der Waals surface area contributed by atoms with Gasteiger partial charge in [-0.1, -0.05) is 0 Å². The average Bonchev–Trinajstić information content (AvgIpc) is 2.97. The highest BCUT2D eigenvalue weighted by Gasteiger charge is 2.26. The Morgan fingerprint density at radius 2 is 2.04 bits per heavy atom. The third-order valence-corrected chi connectivity index (χ3v) is 5.27. The Kier molecular flexibility index (Phi) is 4.89. The van der Waals surface area contributed by atoms with Crippen LogP contribution in [-0.2, 0) is 0 Å². The van der Waals surface area contributed by atoms with Crippen LogP contribution in [0.15, 0.2) is 24.5 Å². The van der Waals surface area contributed by atoms with E-state index in [1.165, 1.54) is 0 Å². The van der Waals surface area contributed by atoms with Crippen molar-refractivity contribution in [1.82, 2.24) is 24.5 Å². The molecule has 8 heteroatoms. The SMILES string of the molecule is Cc1nc2cnc(Nc3ccnc(N4CC[C@H](O)C[C@@H]4C)n3)cc2n1C(C)C. The molecule has 3 aromatic heterocycles. The fourth-order valence-corrected chi connectivity index (χ4v) is 3.97. The molecule has 0 aliphatic carbocycles. The lowest BCUT2D eigenvalue weighted by molar-refractivity contribution is 0.131. The van der Waals surface area contributed by atoms with Crippen molar-refractivity contribution in [3.8, 4) is 0 Å². The van der Waals surface area contributed by atoms with Crippen LogP contribution >= 0.6 is 0 Å². The van der Waals surface area contributed by atoms with Gasteiger partial charge in [-0.25, -0.2) is 15.0 Å². The molecule has 0 amide bonds. The van der Waals surface area contributed by atoms with Gasteiger partial charge < -0.3 is 19.9 Å². The molecule has 8 nitrogen and oxygen atoms in total. The van der Waals surface area contributed by atoms with Crippen LogP contribution in [0, 0.1) is 6.92 Å². The molecule has 1 saturated heterocycles. The number of aliphatic hydroxyl groups is 1. The number of aliphatic hydroxyl groups excluding tert-OH is 1. The van der Waals surface area contributed by atoms with E-state index in [0.717, 1.165) is 42.1 Å². The Labute approximate surface area is 164 Å². The number of aromatic nitrogens is 5. The van der Waals surface area contributed by atoms with Gasteiger partial charge in [0.2, 0.25) is 5.95 Å². The molecule has 2 N–H and O–H groups in total. The third kappa shape index (κ3) is 3.52. The van der Waals surface area contributed by atoms with Crippen molar-refractivity contribution in [3.63, 3.8) is 0 Å². The number of nitrogens with one attached hydrogen (secondary N) is 1. The van der Waals surface area contributed by atoms with Crippen LogP contribution in [0.4, 0.5) is 17.6 Å². The summed E-state index contributed by atoms with van der Waals surface area (Å²) in [6, 6.07) is 4.37.